The minimum atomic E-state index is -2.22. The van der Waals surface area contributed by atoms with Crippen molar-refractivity contribution in [3.8, 4) is 0 Å². The molecule has 120 valence electrons. The summed E-state index contributed by atoms with van der Waals surface area (Å²) < 4.78 is 5.17. The predicted octanol–water partition coefficient (Wildman–Crippen LogP) is 2.43. The van der Waals surface area contributed by atoms with Crippen molar-refractivity contribution >= 4 is 23.2 Å². The third-order valence-electron chi connectivity index (χ3n) is 3.82. The third-order valence-corrected chi connectivity index (χ3v) is 3.82. The molecule has 2 aromatic carbocycles. The molecule has 2 aromatic rings. The van der Waals surface area contributed by atoms with Gasteiger partial charge in [0.2, 0.25) is 11.6 Å². The second kappa shape index (κ2) is 5.38. The average molecular weight is 325 g/mol. The van der Waals surface area contributed by atoms with E-state index in [-0.39, 0.29) is 22.4 Å². The number of ketones is 2. The highest BCUT2D eigenvalue weighted by Crippen LogP contribution is 2.41. The van der Waals surface area contributed by atoms with Crippen LogP contribution < -0.4 is 0 Å². The first-order valence-corrected chi connectivity index (χ1v) is 7.01. The minimum absolute atomic E-state index is 0.0434. The number of non-ortho nitro benzene ring substituents is 1. The van der Waals surface area contributed by atoms with Gasteiger partial charge in [-0.2, -0.15) is 0 Å². The lowest BCUT2D eigenvalue weighted by Gasteiger charge is -2.25. The van der Waals surface area contributed by atoms with Crippen LogP contribution in [-0.4, -0.2) is 22.5 Å². The Bertz CT molecular complexity index is 866. The Labute approximate surface area is 136 Å². The molecule has 0 saturated carbocycles. The lowest BCUT2D eigenvalue weighted by atomic mass is 9.88. The summed E-state index contributed by atoms with van der Waals surface area (Å²) in [6, 6.07) is 11.1. The van der Waals surface area contributed by atoms with Crippen LogP contribution >= 0.6 is 0 Å². The Balaban J connectivity index is 2.27. The fraction of sp³-hybridized carbons (Fsp3) is 0.118. The van der Waals surface area contributed by atoms with Crippen molar-refractivity contribution in [2.45, 2.75) is 12.5 Å². The zero-order valence-electron chi connectivity index (χ0n) is 12.5. The molecule has 0 aliphatic heterocycles. The zero-order chi connectivity index (χ0) is 17.5. The van der Waals surface area contributed by atoms with E-state index in [1.165, 1.54) is 30.3 Å². The van der Waals surface area contributed by atoms with Crippen molar-refractivity contribution in [1.29, 1.82) is 0 Å². The van der Waals surface area contributed by atoms with E-state index >= 15 is 0 Å². The number of fused-ring (bicyclic) bond motifs is 1. The molecule has 0 heterocycles. The summed E-state index contributed by atoms with van der Waals surface area (Å²) >= 11 is 0. The number of benzene rings is 2. The van der Waals surface area contributed by atoms with Gasteiger partial charge in [-0.3, -0.25) is 24.5 Å². The van der Waals surface area contributed by atoms with Gasteiger partial charge in [0.25, 0.3) is 11.3 Å². The summed E-state index contributed by atoms with van der Waals surface area (Å²) in [6.07, 6.45) is 0. The lowest BCUT2D eigenvalue weighted by Crippen LogP contribution is -2.42. The monoisotopic (exact) mass is 325 g/mol. The number of nitro benzene ring substituents is 1. The summed E-state index contributed by atoms with van der Waals surface area (Å²) in [6.45, 7) is 1.07. The fourth-order valence-electron chi connectivity index (χ4n) is 2.83. The maximum absolute atomic E-state index is 12.9. The second-order valence-electron chi connectivity index (χ2n) is 5.29. The van der Waals surface area contributed by atoms with Crippen LogP contribution in [0.4, 0.5) is 5.69 Å². The summed E-state index contributed by atoms with van der Waals surface area (Å²) in [5, 5.41) is 11.0. The predicted molar refractivity (Wildman–Crippen MR) is 81.6 cm³/mol. The van der Waals surface area contributed by atoms with Crippen molar-refractivity contribution in [3.63, 3.8) is 0 Å². The van der Waals surface area contributed by atoms with E-state index in [2.05, 4.69) is 0 Å². The highest BCUT2D eigenvalue weighted by molar-refractivity contribution is 6.32. The molecule has 0 fully saturated rings. The van der Waals surface area contributed by atoms with Gasteiger partial charge in [-0.1, -0.05) is 36.4 Å². The van der Waals surface area contributed by atoms with Gasteiger partial charge in [-0.15, -0.1) is 0 Å². The van der Waals surface area contributed by atoms with Crippen molar-refractivity contribution in [1.82, 2.24) is 0 Å². The Morgan fingerprint density at radius 2 is 1.62 bits per heavy atom. The maximum Gasteiger partial charge on any atom is 0.304 e. The first kappa shape index (κ1) is 15.5. The van der Waals surface area contributed by atoms with Crippen LogP contribution in [0.15, 0.2) is 48.5 Å². The quantitative estimate of drug-likeness (QED) is 0.371. The van der Waals surface area contributed by atoms with E-state index < -0.39 is 28.1 Å². The normalized spacial score (nSPS) is 15.0. The molecule has 0 amide bonds. The molecule has 0 spiro atoms. The SMILES string of the molecule is CC(=O)OC1(c2cccc([N+](=O)[O-])c2)C(=O)c2ccccc2C1=O. The van der Waals surface area contributed by atoms with Crippen LogP contribution in [0.5, 0.6) is 0 Å². The van der Waals surface area contributed by atoms with E-state index in [4.69, 9.17) is 4.74 Å². The number of hydrogen-bond acceptors (Lipinski definition) is 6. The number of nitro groups is 1. The van der Waals surface area contributed by atoms with E-state index in [9.17, 15) is 24.5 Å². The van der Waals surface area contributed by atoms with Gasteiger partial charge in [0.05, 0.1) is 4.92 Å². The molecule has 7 heteroatoms. The molecule has 1 aliphatic rings. The van der Waals surface area contributed by atoms with Gasteiger partial charge in [0.15, 0.2) is 0 Å². The van der Waals surface area contributed by atoms with Crippen LogP contribution in [0.2, 0.25) is 0 Å². The van der Waals surface area contributed by atoms with Crippen LogP contribution in [0.3, 0.4) is 0 Å². The van der Waals surface area contributed by atoms with Crippen molar-refractivity contribution in [3.05, 3.63) is 75.3 Å². The zero-order valence-corrected chi connectivity index (χ0v) is 12.5. The average Bonchev–Trinajstić information content (AvgIpc) is 2.78. The topological polar surface area (TPSA) is 104 Å². The first-order chi connectivity index (χ1) is 11.4. The van der Waals surface area contributed by atoms with E-state index in [0.717, 1.165) is 13.0 Å². The summed E-state index contributed by atoms with van der Waals surface area (Å²) in [7, 11) is 0. The standard InChI is InChI=1S/C17H11NO6/c1-10(19)24-17(11-5-4-6-12(9-11)18(22)23)15(20)13-7-2-3-8-14(13)16(17)21/h2-9H,1H3. The van der Waals surface area contributed by atoms with Gasteiger partial charge >= 0.3 is 5.97 Å². The van der Waals surface area contributed by atoms with E-state index in [0.29, 0.717) is 0 Å². The van der Waals surface area contributed by atoms with Gasteiger partial charge < -0.3 is 4.74 Å². The Kier molecular flexibility index (Phi) is 3.48. The van der Waals surface area contributed by atoms with E-state index in [1.54, 1.807) is 12.1 Å². The molecule has 0 atom stereocenters. The molecule has 7 nitrogen and oxygen atoms in total. The number of nitrogens with zero attached hydrogens (tertiary/aromatic N) is 1. The second-order valence-corrected chi connectivity index (χ2v) is 5.29. The number of esters is 1. The molecule has 0 bridgehead atoms. The largest absolute Gasteiger partial charge is 0.437 e. The Morgan fingerprint density at radius 3 is 2.12 bits per heavy atom. The Morgan fingerprint density at radius 1 is 1.04 bits per heavy atom. The Hall–Kier alpha value is -3.35. The van der Waals surface area contributed by atoms with Gasteiger partial charge in [0.1, 0.15) is 0 Å². The van der Waals surface area contributed by atoms with Gasteiger partial charge in [0, 0.05) is 35.7 Å². The highest BCUT2D eigenvalue weighted by atomic mass is 16.6. The molecular weight excluding hydrogens is 314 g/mol. The number of hydrogen-bond donors (Lipinski definition) is 0. The first-order valence-electron chi connectivity index (χ1n) is 7.01. The molecular formula is C17H11NO6. The van der Waals surface area contributed by atoms with Crippen molar-refractivity contribution < 1.29 is 24.0 Å². The summed E-state index contributed by atoms with van der Waals surface area (Å²) in [4.78, 5) is 47.7. The molecule has 3 rings (SSSR count). The van der Waals surface area contributed by atoms with Crippen molar-refractivity contribution in [2.24, 2.45) is 0 Å². The molecule has 0 aromatic heterocycles. The van der Waals surface area contributed by atoms with E-state index in [1.807, 2.05) is 0 Å². The maximum atomic E-state index is 12.9. The smallest absolute Gasteiger partial charge is 0.304 e. The molecule has 0 radical (unpaired) electrons. The number of ether oxygens (including phenoxy) is 1. The number of carbonyl (C=O) groups excluding carboxylic acids is 3. The number of rotatable bonds is 3. The molecule has 0 N–H and O–H groups in total. The number of carbonyl (C=O) groups is 3. The third kappa shape index (κ3) is 2.10. The molecule has 24 heavy (non-hydrogen) atoms. The lowest BCUT2D eigenvalue weighted by molar-refractivity contribution is -0.385. The summed E-state index contributed by atoms with van der Waals surface area (Å²) in [5.41, 5.74) is -2.33. The van der Waals surface area contributed by atoms with Crippen LogP contribution in [0, 0.1) is 10.1 Å². The van der Waals surface area contributed by atoms with Gasteiger partial charge in [-0.05, 0) is 0 Å². The minimum Gasteiger partial charge on any atom is -0.437 e. The molecule has 0 unspecified atom stereocenters. The van der Waals surface area contributed by atoms with Crippen LogP contribution in [-0.2, 0) is 15.1 Å². The van der Waals surface area contributed by atoms with Crippen LogP contribution in [0.1, 0.15) is 33.2 Å². The molecule has 0 saturated heterocycles. The number of Topliss-reactive ketones (excluding diaryl/α,β-unsaturated/α-hetero) is 2. The van der Waals surface area contributed by atoms with Crippen LogP contribution in [0.25, 0.3) is 0 Å². The highest BCUT2D eigenvalue weighted by Gasteiger charge is 2.57. The molecule has 1 aliphatic carbocycles. The fourth-order valence-corrected chi connectivity index (χ4v) is 2.83. The summed E-state index contributed by atoms with van der Waals surface area (Å²) in [5.74, 6) is -2.26. The van der Waals surface area contributed by atoms with Crippen molar-refractivity contribution in [2.75, 3.05) is 0 Å². The van der Waals surface area contributed by atoms with Gasteiger partial charge in [-0.25, -0.2) is 0 Å².